The molecule has 15 heteroatoms. The van der Waals surface area contributed by atoms with Gasteiger partial charge in [-0.15, -0.1) is 22.7 Å². The first-order chi connectivity index (χ1) is 26.6. The Morgan fingerprint density at radius 2 is 1.51 bits per heavy atom. The molecular formula is C40H52N8O5S2. The van der Waals surface area contributed by atoms with Crippen LogP contribution in [0.2, 0.25) is 0 Å². The molecule has 0 bridgehead atoms. The van der Waals surface area contributed by atoms with Crippen molar-refractivity contribution in [3.8, 4) is 0 Å². The maximum absolute atomic E-state index is 14.2. The maximum Gasteiger partial charge on any atom is 0.407 e. The van der Waals surface area contributed by atoms with Gasteiger partial charge in [0.05, 0.1) is 34.1 Å². The zero-order valence-electron chi connectivity index (χ0n) is 31.7. The Morgan fingerprint density at radius 1 is 0.873 bits per heavy atom. The molecule has 5 amide bonds. The number of nitrogens with one attached hydrogen (secondary N) is 4. The molecule has 2 aromatic carbocycles. The van der Waals surface area contributed by atoms with E-state index in [0.717, 1.165) is 52.6 Å². The van der Waals surface area contributed by atoms with E-state index in [9.17, 15) is 19.2 Å². The van der Waals surface area contributed by atoms with E-state index in [1.165, 1.54) is 16.2 Å². The van der Waals surface area contributed by atoms with Crippen molar-refractivity contribution in [1.29, 1.82) is 0 Å². The van der Waals surface area contributed by atoms with E-state index >= 15 is 0 Å². The molecule has 0 radical (unpaired) electrons. The van der Waals surface area contributed by atoms with Gasteiger partial charge in [-0.1, -0.05) is 74.5 Å². The highest BCUT2D eigenvalue weighted by atomic mass is 32.1. The minimum absolute atomic E-state index is 0.123. The van der Waals surface area contributed by atoms with Crippen molar-refractivity contribution < 1.29 is 23.9 Å². The normalized spacial score (nSPS) is 14.5. The molecule has 1 aliphatic rings. The van der Waals surface area contributed by atoms with Crippen LogP contribution in [0.4, 0.5) is 9.59 Å². The molecule has 3 unspecified atom stereocenters. The summed E-state index contributed by atoms with van der Waals surface area (Å²) < 4.78 is 5.50. The van der Waals surface area contributed by atoms with E-state index in [2.05, 4.69) is 45.2 Å². The SMILES string of the molecule is CC(C)c1nc(CN(C)C(=O)NC(CC(=O)NN2CCCC2)C(=O)NC(CCC(Cc2ccccc2)NC(=O)OCc2cncs2)Cc2ccccc2)cs1. The molecule has 4 aromatic rings. The lowest BCUT2D eigenvalue weighted by Gasteiger charge is -2.27. The fourth-order valence-electron chi connectivity index (χ4n) is 6.29. The zero-order chi connectivity index (χ0) is 39.0. The number of carbonyl (C=O) groups is 4. The highest BCUT2D eigenvalue weighted by molar-refractivity contribution is 7.09. The van der Waals surface area contributed by atoms with Crippen molar-refractivity contribution in [2.24, 2.45) is 0 Å². The number of rotatable bonds is 19. The number of urea groups is 1. The number of nitrogens with zero attached hydrogens (tertiary/aromatic N) is 4. The van der Waals surface area contributed by atoms with Gasteiger partial charge in [-0.25, -0.2) is 19.6 Å². The average molecular weight is 789 g/mol. The molecule has 3 heterocycles. The van der Waals surface area contributed by atoms with Crippen LogP contribution in [-0.2, 0) is 40.3 Å². The number of amides is 5. The summed E-state index contributed by atoms with van der Waals surface area (Å²) in [6, 6.07) is 17.4. The predicted octanol–water partition coefficient (Wildman–Crippen LogP) is 5.80. The molecule has 2 aromatic heterocycles. The summed E-state index contributed by atoms with van der Waals surface area (Å²) in [7, 11) is 1.64. The van der Waals surface area contributed by atoms with Gasteiger partial charge < -0.3 is 25.6 Å². The van der Waals surface area contributed by atoms with E-state index in [1.54, 1.807) is 30.1 Å². The monoisotopic (exact) mass is 788 g/mol. The van der Waals surface area contributed by atoms with Gasteiger partial charge in [0.15, 0.2) is 0 Å². The molecule has 0 spiro atoms. The Labute approximate surface area is 331 Å². The predicted molar refractivity (Wildman–Crippen MR) is 214 cm³/mol. The van der Waals surface area contributed by atoms with Gasteiger partial charge in [0.2, 0.25) is 11.8 Å². The fourth-order valence-corrected chi connectivity index (χ4v) is 7.62. The number of carbonyl (C=O) groups excluding carboxylic acids is 4. The van der Waals surface area contributed by atoms with Gasteiger partial charge in [-0.3, -0.25) is 20.0 Å². The van der Waals surface area contributed by atoms with Crippen LogP contribution in [0.3, 0.4) is 0 Å². The van der Waals surface area contributed by atoms with E-state index < -0.39 is 24.1 Å². The summed E-state index contributed by atoms with van der Waals surface area (Å²) in [5.74, 6) is -0.544. The Morgan fingerprint density at radius 3 is 2.09 bits per heavy atom. The smallest absolute Gasteiger partial charge is 0.407 e. The van der Waals surface area contributed by atoms with Crippen molar-refractivity contribution in [1.82, 2.24) is 41.3 Å². The van der Waals surface area contributed by atoms with Crippen LogP contribution in [0.1, 0.15) is 78.6 Å². The van der Waals surface area contributed by atoms with E-state index in [4.69, 9.17) is 4.74 Å². The van der Waals surface area contributed by atoms with Crippen molar-refractivity contribution in [2.75, 3.05) is 20.1 Å². The molecule has 0 saturated carbocycles. The van der Waals surface area contributed by atoms with Crippen LogP contribution in [0.25, 0.3) is 0 Å². The molecule has 1 aliphatic heterocycles. The summed E-state index contributed by atoms with van der Waals surface area (Å²) in [6.07, 6.45) is 4.93. The first-order valence-electron chi connectivity index (χ1n) is 18.8. The summed E-state index contributed by atoms with van der Waals surface area (Å²) in [6.45, 7) is 5.99. The van der Waals surface area contributed by atoms with Crippen LogP contribution < -0.4 is 21.4 Å². The summed E-state index contributed by atoms with van der Waals surface area (Å²) in [5, 5.41) is 13.8. The first kappa shape index (κ1) is 41.3. The number of aromatic nitrogens is 2. The summed E-state index contributed by atoms with van der Waals surface area (Å²) >= 11 is 2.96. The van der Waals surface area contributed by atoms with Gasteiger partial charge in [0.25, 0.3) is 0 Å². The molecule has 55 heavy (non-hydrogen) atoms. The van der Waals surface area contributed by atoms with Crippen LogP contribution in [0, 0.1) is 0 Å². The lowest BCUT2D eigenvalue weighted by Crippen LogP contribution is -2.55. The fraction of sp³-hybridized carbons (Fsp3) is 0.450. The lowest BCUT2D eigenvalue weighted by molar-refractivity contribution is -0.131. The Balaban J connectivity index is 1.29. The number of ether oxygens (including phenoxy) is 1. The molecular weight excluding hydrogens is 737 g/mol. The zero-order valence-corrected chi connectivity index (χ0v) is 33.4. The highest BCUT2D eigenvalue weighted by Crippen LogP contribution is 2.20. The average Bonchev–Trinajstić information content (AvgIpc) is 3.98. The maximum atomic E-state index is 14.2. The van der Waals surface area contributed by atoms with Crippen molar-refractivity contribution in [2.45, 2.75) is 96.0 Å². The van der Waals surface area contributed by atoms with Gasteiger partial charge in [-0.05, 0) is 49.7 Å². The number of thiazole rings is 2. The Hall–Kier alpha value is -4.86. The van der Waals surface area contributed by atoms with Crippen molar-refractivity contribution >= 4 is 46.6 Å². The number of hydrogen-bond acceptors (Lipinski definition) is 10. The second kappa shape index (κ2) is 21.3. The van der Waals surface area contributed by atoms with Crippen molar-refractivity contribution in [3.63, 3.8) is 0 Å². The minimum Gasteiger partial charge on any atom is -0.444 e. The third-order valence-electron chi connectivity index (χ3n) is 9.21. The van der Waals surface area contributed by atoms with Gasteiger partial charge >= 0.3 is 12.1 Å². The molecule has 0 aliphatic carbocycles. The Bertz CT molecular complexity index is 1780. The van der Waals surface area contributed by atoms with E-state index in [-0.39, 0.29) is 43.5 Å². The summed E-state index contributed by atoms with van der Waals surface area (Å²) in [5.41, 5.74) is 7.41. The molecule has 294 valence electrons. The first-order valence-corrected chi connectivity index (χ1v) is 20.6. The number of alkyl carbamates (subject to hydrolysis) is 1. The van der Waals surface area contributed by atoms with Crippen molar-refractivity contribution in [3.05, 3.63) is 104 Å². The molecule has 1 fully saturated rings. The number of hydrazine groups is 1. The third-order valence-corrected chi connectivity index (χ3v) is 11.2. The number of hydrogen-bond donors (Lipinski definition) is 4. The molecule has 13 nitrogen and oxygen atoms in total. The summed E-state index contributed by atoms with van der Waals surface area (Å²) in [4.78, 5) is 64.9. The molecule has 1 saturated heterocycles. The standard InChI is InChI=1S/C40H52N8O5S2/c1-28(2)38-43-33(26-54-38)24-47(3)39(51)45-35(22-36(49)46-48-18-10-11-19-48)37(50)42-31(20-29-12-6-4-7-13-29)16-17-32(21-30-14-8-5-9-15-30)44-40(52)53-25-34-23-41-27-55-34/h4-9,12-15,23,26-28,31-32,35H,10-11,16-22,24-25H2,1-3H3,(H,42,50)(H,44,52)(H,45,51)(H,46,49). The quantitative estimate of drug-likeness (QED) is 0.0930. The van der Waals surface area contributed by atoms with Crippen LogP contribution >= 0.6 is 22.7 Å². The van der Waals surface area contributed by atoms with Crippen LogP contribution in [0.5, 0.6) is 0 Å². The number of benzene rings is 2. The van der Waals surface area contributed by atoms with E-state index in [1.807, 2.05) is 71.1 Å². The van der Waals surface area contributed by atoms with Gasteiger partial charge in [0.1, 0.15) is 12.6 Å². The van der Waals surface area contributed by atoms with Gasteiger partial charge in [-0.2, -0.15) is 0 Å². The molecule has 3 atom stereocenters. The van der Waals surface area contributed by atoms with Gasteiger partial charge in [0, 0.05) is 49.7 Å². The molecule has 5 rings (SSSR count). The topological polar surface area (TPSA) is 158 Å². The Kier molecular flexibility index (Phi) is 16.0. The van der Waals surface area contributed by atoms with Crippen LogP contribution in [0.15, 0.2) is 77.8 Å². The third kappa shape index (κ3) is 14.1. The highest BCUT2D eigenvalue weighted by Gasteiger charge is 2.29. The minimum atomic E-state index is -1.14. The van der Waals surface area contributed by atoms with E-state index in [0.29, 0.717) is 25.7 Å². The molecule has 4 N–H and O–H groups in total. The largest absolute Gasteiger partial charge is 0.444 e. The van der Waals surface area contributed by atoms with Crippen LogP contribution in [-0.4, -0.2) is 82.1 Å². The second-order valence-corrected chi connectivity index (χ2v) is 16.0. The second-order valence-electron chi connectivity index (χ2n) is 14.2. The lowest BCUT2D eigenvalue weighted by atomic mass is 9.95.